The molecule has 5 heteroatoms. The molecular weight excluding hydrogens is 243 g/mol. The van der Waals surface area contributed by atoms with Gasteiger partial charge in [0.15, 0.2) is 0 Å². The SMILES string of the molecule is CCCC(O)(CN)Cc1ccc(C(F)(F)F)cc1. The van der Waals surface area contributed by atoms with E-state index in [1.165, 1.54) is 12.1 Å². The Hall–Kier alpha value is -1.07. The lowest BCUT2D eigenvalue weighted by molar-refractivity contribution is -0.137. The Balaban J connectivity index is 2.80. The molecule has 102 valence electrons. The molecule has 1 unspecified atom stereocenters. The normalized spacial score (nSPS) is 15.4. The zero-order valence-electron chi connectivity index (χ0n) is 10.3. The van der Waals surface area contributed by atoms with Crippen molar-refractivity contribution in [3.05, 3.63) is 35.4 Å². The lowest BCUT2D eigenvalue weighted by Crippen LogP contribution is -2.39. The number of hydrogen-bond donors (Lipinski definition) is 2. The Morgan fingerprint density at radius 2 is 1.72 bits per heavy atom. The van der Waals surface area contributed by atoms with Gasteiger partial charge in [0.05, 0.1) is 11.2 Å². The minimum absolute atomic E-state index is 0.0991. The highest BCUT2D eigenvalue weighted by Crippen LogP contribution is 2.29. The average Bonchev–Trinajstić information content (AvgIpc) is 2.29. The Morgan fingerprint density at radius 3 is 2.11 bits per heavy atom. The second-order valence-electron chi connectivity index (χ2n) is 4.55. The van der Waals surface area contributed by atoms with Crippen LogP contribution in [0.1, 0.15) is 30.9 Å². The smallest absolute Gasteiger partial charge is 0.388 e. The molecule has 1 rings (SSSR count). The molecule has 0 saturated carbocycles. The van der Waals surface area contributed by atoms with Crippen LogP contribution in [0.15, 0.2) is 24.3 Å². The van der Waals surface area contributed by atoms with Gasteiger partial charge in [-0.25, -0.2) is 0 Å². The number of halogens is 3. The summed E-state index contributed by atoms with van der Waals surface area (Å²) >= 11 is 0. The Kier molecular flexibility index (Phi) is 4.76. The van der Waals surface area contributed by atoms with Crippen LogP contribution in [-0.2, 0) is 12.6 Å². The van der Waals surface area contributed by atoms with Crippen molar-refractivity contribution in [2.75, 3.05) is 6.54 Å². The predicted octanol–water partition coefficient (Wildman–Crippen LogP) is 2.74. The highest BCUT2D eigenvalue weighted by Gasteiger charge is 2.30. The Bertz CT molecular complexity index is 375. The molecule has 0 fully saturated rings. The minimum atomic E-state index is -4.33. The van der Waals surface area contributed by atoms with E-state index in [9.17, 15) is 18.3 Å². The first-order chi connectivity index (χ1) is 8.30. The fourth-order valence-electron chi connectivity index (χ4n) is 1.92. The maximum atomic E-state index is 12.4. The zero-order chi connectivity index (χ0) is 13.8. The molecule has 0 heterocycles. The van der Waals surface area contributed by atoms with Crippen LogP contribution < -0.4 is 5.73 Å². The maximum absolute atomic E-state index is 12.4. The van der Waals surface area contributed by atoms with E-state index < -0.39 is 17.3 Å². The lowest BCUT2D eigenvalue weighted by Gasteiger charge is -2.26. The van der Waals surface area contributed by atoms with E-state index in [0.29, 0.717) is 12.0 Å². The molecule has 0 amide bonds. The first-order valence-electron chi connectivity index (χ1n) is 5.89. The van der Waals surface area contributed by atoms with Gasteiger partial charge in [0.25, 0.3) is 0 Å². The van der Waals surface area contributed by atoms with Gasteiger partial charge < -0.3 is 10.8 Å². The molecular formula is C13H18F3NO. The molecule has 0 bridgehead atoms. The van der Waals surface area contributed by atoms with Crippen LogP contribution in [0.25, 0.3) is 0 Å². The number of alkyl halides is 3. The monoisotopic (exact) mass is 261 g/mol. The summed E-state index contributed by atoms with van der Waals surface area (Å²) in [5.41, 5.74) is 4.45. The third-order valence-electron chi connectivity index (χ3n) is 2.91. The molecule has 0 aliphatic rings. The quantitative estimate of drug-likeness (QED) is 0.856. The first-order valence-corrected chi connectivity index (χ1v) is 5.89. The Labute approximate surface area is 105 Å². The van der Waals surface area contributed by atoms with Crippen LogP contribution in [0.2, 0.25) is 0 Å². The van der Waals surface area contributed by atoms with E-state index >= 15 is 0 Å². The molecule has 1 aromatic rings. The molecule has 0 spiro atoms. The van der Waals surface area contributed by atoms with Crippen LogP contribution in [0.4, 0.5) is 13.2 Å². The summed E-state index contributed by atoms with van der Waals surface area (Å²) in [5, 5.41) is 10.2. The molecule has 3 N–H and O–H groups in total. The van der Waals surface area contributed by atoms with Crippen molar-refractivity contribution in [1.82, 2.24) is 0 Å². The molecule has 2 nitrogen and oxygen atoms in total. The molecule has 0 radical (unpaired) electrons. The largest absolute Gasteiger partial charge is 0.416 e. The average molecular weight is 261 g/mol. The van der Waals surface area contributed by atoms with E-state index in [2.05, 4.69) is 0 Å². The highest BCUT2D eigenvalue weighted by molar-refractivity contribution is 5.25. The van der Waals surface area contributed by atoms with E-state index in [1.807, 2.05) is 6.92 Å². The lowest BCUT2D eigenvalue weighted by atomic mass is 9.90. The molecule has 1 aromatic carbocycles. The van der Waals surface area contributed by atoms with Gasteiger partial charge in [-0.15, -0.1) is 0 Å². The van der Waals surface area contributed by atoms with E-state index in [4.69, 9.17) is 5.73 Å². The summed E-state index contributed by atoms with van der Waals surface area (Å²) in [5.74, 6) is 0. The number of aliphatic hydroxyl groups is 1. The van der Waals surface area contributed by atoms with Crippen molar-refractivity contribution < 1.29 is 18.3 Å². The number of benzene rings is 1. The first kappa shape index (κ1) is 15.0. The number of hydrogen-bond acceptors (Lipinski definition) is 2. The van der Waals surface area contributed by atoms with E-state index in [0.717, 1.165) is 18.6 Å². The molecule has 1 atom stereocenters. The van der Waals surface area contributed by atoms with Crippen molar-refractivity contribution in [2.45, 2.75) is 38.0 Å². The van der Waals surface area contributed by atoms with Crippen molar-refractivity contribution >= 4 is 0 Å². The summed E-state index contributed by atoms with van der Waals surface area (Å²) in [6.45, 7) is 2.02. The van der Waals surface area contributed by atoms with Gasteiger partial charge in [0.2, 0.25) is 0 Å². The molecule has 0 aliphatic heterocycles. The summed E-state index contributed by atoms with van der Waals surface area (Å²) < 4.78 is 37.1. The summed E-state index contributed by atoms with van der Waals surface area (Å²) in [6, 6.07) is 4.83. The zero-order valence-corrected chi connectivity index (χ0v) is 10.3. The Morgan fingerprint density at radius 1 is 1.17 bits per heavy atom. The van der Waals surface area contributed by atoms with Gasteiger partial charge in [-0.1, -0.05) is 25.5 Å². The molecule has 0 saturated heterocycles. The van der Waals surface area contributed by atoms with E-state index in [-0.39, 0.29) is 13.0 Å². The summed E-state index contributed by atoms with van der Waals surface area (Å²) in [7, 11) is 0. The highest BCUT2D eigenvalue weighted by atomic mass is 19.4. The summed E-state index contributed by atoms with van der Waals surface area (Å²) in [6.07, 6.45) is -2.75. The fraction of sp³-hybridized carbons (Fsp3) is 0.538. The molecule has 0 aliphatic carbocycles. The van der Waals surface area contributed by atoms with Gasteiger partial charge in [-0.3, -0.25) is 0 Å². The number of rotatable bonds is 5. The van der Waals surface area contributed by atoms with E-state index in [1.54, 1.807) is 0 Å². The standard InChI is InChI=1S/C13H18F3NO/c1-2-7-12(18,9-17)8-10-3-5-11(6-4-10)13(14,15)16/h3-6,18H,2,7-9,17H2,1H3. The van der Waals surface area contributed by atoms with Gasteiger partial charge in [0.1, 0.15) is 0 Å². The van der Waals surface area contributed by atoms with Crippen LogP contribution in [0.3, 0.4) is 0 Å². The second-order valence-corrected chi connectivity index (χ2v) is 4.55. The van der Waals surface area contributed by atoms with Crippen molar-refractivity contribution in [3.8, 4) is 0 Å². The van der Waals surface area contributed by atoms with Crippen molar-refractivity contribution in [2.24, 2.45) is 5.73 Å². The van der Waals surface area contributed by atoms with Crippen LogP contribution in [-0.4, -0.2) is 17.3 Å². The van der Waals surface area contributed by atoms with Gasteiger partial charge in [-0.2, -0.15) is 13.2 Å². The van der Waals surface area contributed by atoms with Crippen LogP contribution >= 0.6 is 0 Å². The maximum Gasteiger partial charge on any atom is 0.416 e. The van der Waals surface area contributed by atoms with Gasteiger partial charge in [0, 0.05) is 13.0 Å². The number of nitrogens with two attached hydrogens (primary N) is 1. The van der Waals surface area contributed by atoms with Crippen molar-refractivity contribution in [3.63, 3.8) is 0 Å². The second kappa shape index (κ2) is 5.71. The topological polar surface area (TPSA) is 46.2 Å². The summed E-state index contributed by atoms with van der Waals surface area (Å²) in [4.78, 5) is 0. The molecule has 18 heavy (non-hydrogen) atoms. The van der Waals surface area contributed by atoms with Gasteiger partial charge in [-0.05, 0) is 24.1 Å². The van der Waals surface area contributed by atoms with Crippen LogP contribution in [0.5, 0.6) is 0 Å². The van der Waals surface area contributed by atoms with Crippen LogP contribution in [0, 0.1) is 0 Å². The van der Waals surface area contributed by atoms with Gasteiger partial charge >= 0.3 is 6.18 Å². The minimum Gasteiger partial charge on any atom is -0.388 e. The van der Waals surface area contributed by atoms with Crippen molar-refractivity contribution in [1.29, 1.82) is 0 Å². The molecule has 0 aromatic heterocycles. The third-order valence-corrected chi connectivity index (χ3v) is 2.91. The fourth-order valence-corrected chi connectivity index (χ4v) is 1.92. The third kappa shape index (κ3) is 3.99. The predicted molar refractivity (Wildman–Crippen MR) is 64.1 cm³/mol.